The van der Waals surface area contributed by atoms with Gasteiger partial charge in [-0.2, -0.15) is 0 Å². The standard InChI is InChI=1S/C20H23FN2O3/c1-25-18-8-4-5-9-19(18)26-15-20(24)23-12-10-22(11-13-23)14-16-6-2-3-7-17(16)21/h2-9H,10-15H2,1H3. The van der Waals surface area contributed by atoms with E-state index in [2.05, 4.69) is 4.90 Å². The topological polar surface area (TPSA) is 42.0 Å². The number of hydrogen-bond donors (Lipinski definition) is 0. The van der Waals surface area contributed by atoms with E-state index in [0.29, 0.717) is 49.8 Å². The lowest BCUT2D eigenvalue weighted by Crippen LogP contribution is -2.49. The molecule has 1 fully saturated rings. The van der Waals surface area contributed by atoms with E-state index in [4.69, 9.17) is 9.47 Å². The Morgan fingerprint density at radius 1 is 1.00 bits per heavy atom. The van der Waals surface area contributed by atoms with Crippen LogP contribution in [0.4, 0.5) is 4.39 Å². The number of halogens is 1. The van der Waals surface area contributed by atoms with Gasteiger partial charge in [0.15, 0.2) is 18.1 Å². The van der Waals surface area contributed by atoms with Gasteiger partial charge in [-0.05, 0) is 18.2 Å². The second-order valence-corrected chi connectivity index (χ2v) is 6.19. The summed E-state index contributed by atoms with van der Waals surface area (Å²) in [5, 5.41) is 0. The summed E-state index contributed by atoms with van der Waals surface area (Å²) in [5.74, 6) is 0.925. The Hall–Kier alpha value is -2.60. The first-order valence-corrected chi connectivity index (χ1v) is 8.66. The van der Waals surface area contributed by atoms with Crippen molar-refractivity contribution in [2.75, 3.05) is 39.9 Å². The maximum Gasteiger partial charge on any atom is 0.260 e. The molecule has 0 unspecified atom stereocenters. The fourth-order valence-electron chi connectivity index (χ4n) is 2.99. The lowest BCUT2D eigenvalue weighted by atomic mass is 10.2. The molecule has 5 nitrogen and oxygen atoms in total. The van der Waals surface area contributed by atoms with Crippen molar-refractivity contribution in [2.45, 2.75) is 6.54 Å². The lowest BCUT2D eigenvalue weighted by molar-refractivity contribution is -0.135. The van der Waals surface area contributed by atoms with E-state index in [9.17, 15) is 9.18 Å². The van der Waals surface area contributed by atoms with Crippen molar-refractivity contribution in [1.82, 2.24) is 9.80 Å². The Morgan fingerprint density at radius 2 is 1.65 bits per heavy atom. The third-order valence-electron chi connectivity index (χ3n) is 4.50. The number of benzene rings is 2. The first-order chi connectivity index (χ1) is 12.7. The second-order valence-electron chi connectivity index (χ2n) is 6.19. The van der Waals surface area contributed by atoms with E-state index in [-0.39, 0.29) is 18.3 Å². The highest BCUT2D eigenvalue weighted by molar-refractivity contribution is 5.78. The van der Waals surface area contributed by atoms with Crippen LogP contribution in [0.3, 0.4) is 0 Å². The van der Waals surface area contributed by atoms with Gasteiger partial charge in [-0.3, -0.25) is 9.69 Å². The molecular weight excluding hydrogens is 335 g/mol. The summed E-state index contributed by atoms with van der Waals surface area (Å²) in [5.41, 5.74) is 0.687. The molecule has 26 heavy (non-hydrogen) atoms. The fraction of sp³-hybridized carbons (Fsp3) is 0.350. The van der Waals surface area contributed by atoms with E-state index < -0.39 is 0 Å². The summed E-state index contributed by atoms with van der Waals surface area (Å²) in [6.07, 6.45) is 0. The first-order valence-electron chi connectivity index (χ1n) is 8.66. The van der Waals surface area contributed by atoms with Crippen LogP contribution in [0.5, 0.6) is 11.5 Å². The Kier molecular flexibility index (Phi) is 6.07. The molecular formula is C20H23FN2O3. The second kappa shape index (κ2) is 8.67. The predicted octanol–water partition coefficient (Wildman–Crippen LogP) is 2.56. The highest BCUT2D eigenvalue weighted by Gasteiger charge is 2.22. The van der Waals surface area contributed by atoms with Crippen LogP contribution in [0.1, 0.15) is 5.56 Å². The molecule has 1 aliphatic rings. The summed E-state index contributed by atoms with van der Waals surface area (Å²) in [6, 6.07) is 14.1. The summed E-state index contributed by atoms with van der Waals surface area (Å²) in [4.78, 5) is 16.3. The van der Waals surface area contributed by atoms with Crippen LogP contribution < -0.4 is 9.47 Å². The van der Waals surface area contributed by atoms with E-state index in [1.165, 1.54) is 6.07 Å². The molecule has 138 valence electrons. The summed E-state index contributed by atoms with van der Waals surface area (Å²) >= 11 is 0. The molecule has 0 saturated carbocycles. The third-order valence-corrected chi connectivity index (χ3v) is 4.50. The summed E-state index contributed by atoms with van der Waals surface area (Å²) in [6.45, 7) is 3.20. The van der Waals surface area contributed by atoms with E-state index in [1.807, 2.05) is 18.2 Å². The van der Waals surface area contributed by atoms with Crippen molar-refractivity contribution < 1.29 is 18.7 Å². The van der Waals surface area contributed by atoms with Crippen LogP contribution in [0, 0.1) is 5.82 Å². The number of methoxy groups -OCH3 is 1. The number of carbonyl (C=O) groups is 1. The number of nitrogens with zero attached hydrogens (tertiary/aromatic N) is 2. The largest absolute Gasteiger partial charge is 0.493 e. The molecule has 0 radical (unpaired) electrons. The maximum absolute atomic E-state index is 13.8. The molecule has 1 saturated heterocycles. The van der Waals surface area contributed by atoms with Crippen molar-refractivity contribution in [1.29, 1.82) is 0 Å². The van der Waals surface area contributed by atoms with Gasteiger partial charge in [-0.1, -0.05) is 30.3 Å². The smallest absolute Gasteiger partial charge is 0.260 e. The van der Waals surface area contributed by atoms with E-state index >= 15 is 0 Å². The fourth-order valence-corrected chi connectivity index (χ4v) is 2.99. The quantitative estimate of drug-likeness (QED) is 0.796. The number of para-hydroxylation sites is 2. The van der Waals surface area contributed by atoms with Gasteiger partial charge in [0.25, 0.3) is 5.91 Å². The number of piperazine rings is 1. The molecule has 0 aromatic heterocycles. The highest BCUT2D eigenvalue weighted by Crippen LogP contribution is 2.25. The minimum absolute atomic E-state index is 0.0202. The first kappa shape index (κ1) is 18.2. The summed E-state index contributed by atoms with van der Waals surface area (Å²) < 4.78 is 24.6. The van der Waals surface area contributed by atoms with Crippen molar-refractivity contribution in [3.8, 4) is 11.5 Å². The van der Waals surface area contributed by atoms with Crippen molar-refractivity contribution in [3.05, 3.63) is 59.9 Å². The Morgan fingerprint density at radius 3 is 2.35 bits per heavy atom. The Balaban J connectivity index is 1.47. The molecule has 2 aromatic carbocycles. The average molecular weight is 358 g/mol. The van der Waals surface area contributed by atoms with Gasteiger partial charge < -0.3 is 14.4 Å². The lowest BCUT2D eigenvalue weighted by Gasteiger charge is -2.34. The molecule has 0 atom stereocenters. The molecule has 6 heteroatoms. The van der Waals surface area contributed by atoms with Crippen molar-refractivity contribution >= 4 is 5.91 Å². The Labute approximate surface area is 152 Å². The highest BCUT2D eigenvalue weighted by atomic mass is 19.1. The van der Waals surface area contributed by atoms with E-state index in [0.717, 1.165) is 0 Å². The number of hydrogen-bond acceptors (Lipinski definition) is 4. The average Bonchev–Trinajstić information content (AvgIpc) is 2.68. The molecule has 1 amide bonds. The minimum atomic E-state index is -0.184. The zero-order valence-electron chi connectivity index (χ0n) is 14.9. The molecule has 1 heterocycles. The predicted molar refractivity (Wildman–Crippen MR) is 96.7 cm³/mol. The van der Waals surface area contributed by atoms with Crippen LogP contribution in [-0.4, -0.2) is 55.6 Å². The number of amides is 1. The van der Waals surface area contributed by atoms with Gasteiger partial charge in [0.2, 0.25) is 0 Å². The molecule has 3 rings (SSSR count). The van der Waals surface area contributed by atoms with Gasteiger partial charge in [-0.25, -0.2) is 4.39 Å². The van der Waals surface area contributed by atoms with Crippen LogP contribution in [0.15, 0.2) is 48.5 Å². The number of rotatable bonds is 6. The molecule has 1 aliphatic heterocycles. The van der Waals surface area contributed by atoms with Gasteiger partial charge in [0.05, 0.1) is 7.11 Å². The molecule has 2 aromatic rings. The molecule has 0 spiro atoms. The Bertz CT molecular complexity index is 745. The van der Waals surface area contributed by atoms with Gasteiger partial charge >= 0.3 is 0 Å². The molecule has 0 bridgehead atoms. The SMILES string of the molecule is COc1ccccc1OCC(=O)N1CCN(Cc2ccccc2F)CC1. The summed E-state index contributed by atoms with van der Waals surface area (Å²) in [7, 11) is 1.57. The normalized spacial score (nSPS) is 14.9. The van der Waals surface area contributed by atoms with Gasteiger partial charge in [0.1, 0.15) is 5.82 Å². The van der Waals surface area contributed by atoms with Crippen LogP contribution >= 0.6 is 0 Å². The molecule has 0 aliphatic carbocycles. The zero-order chi connectivity index (χ0) is 18.4. The van der Waals surface area contributed by atoms with Crippen LogP contribution in [0.25, 0.3) is 0 Å². The minimum Gasteiger partial charge on any atom is -0.493 e. The monoisotopic (exact) mass is 358 g/mol. The van der Waals surface area contributed by atoms with Crippen molar-refractivity contribution in [2.24, 2.45) is 0 Å². The number of ether oxygens (including phenoxy) is 2. The van der Waals surface area contributed by atoms with Crippen molar-refractivity contribution in [3.63, 3.8) is 0 Å². The van der Waals surface area contributed by atoms with Gasteiger partial charge in [0, 0.05) is 38.3 Å². The van der Waals surface area contributed by atoms with Crippen LogP contribution in [0.2, 0.25) is 0 Å². The third kappa shape index (κ3) is 4.52. The zero-order valence-corrected chi connectivity index (χ0v) is 14.9. The number of carbonyl (C=O) groups excluding carboxylic acids is 1. The van der Waals surface area contributed by atoms with Crippen LogP contribution in [-0.2, 0) is 11.3 Å². The van der Waals surface area contributed by atoms with E-state index in [1.54, 1.807) is 36.3 Å². The van der Waals surface area contributed by atoms with Gasteiger partial charge in [-0.15, -0.1) is 0 Å². The molecule has 0 N–H and O–H groups in total. The maximum atomic E-state index is 13.8.